The number of hydrogen-bond acceptors (Lipinski definition) is 6. The molecule has 0 saturated carbocycles. The number of pyridine rings is 1. The first-order valence-corrected chi connectivity index (χ1v) is 10.8. The molecule has 3 aromatic heterocycles. The summed E-state index contributed by atoms with van der Waals surface area (Å²) in [5.41, 5.74) is 0.864. The molecule has 0 atom stereocenters. The average molecular weight is 457 g/mol. The summed E-state index contributed by atoms with van der Waals surface area (Å²) in [7, 11) is 0. The van der Waals surface area contributed by atoms with Gasteiger partial charge in [0.25, 0.3) is 0 Å². The Morgan fingerprint density at radius 2 is 1.97 bits per heavy atom. The van der Waals surface area contributed by atoms with E-state index in [0.29, 0.717) is 41.4 Å². The molecule has 6 nitrogen and oxygen atoms in total. The lowest BCUT2D eigenvalue weighted by Gasteiger charge is -2.14. The zero-order valence-electron chi connectivity index (χ0n) is 17.2. The van der Waals surface area contributed by atoms with Crippen LogP contribution in [0, 0.1) is 0 Å². The van der Waals surface area contributed by atoms with Crippen LogP contribution >= 0.6 is 11.3 Å². The third kappa shape index (κ3) is 3.54. The molecule has 0 amide bonds. The number of thiazole rings is 1. The predicted octanol–water partition coefficient (Wildman–Crippen LogP) is 5.67. The Balaban J connectivity index is 1.65. The molecule has 10 heteroatoms. The van der Waals surface area contributed by atoms with Crippen molar-refractivity contribution in [2.75, 3.05) is 6.61 Å². The first-order chi connectivity index (χ1) is 15.3. The molecule has 0 bridgehead atoms. The van der Waals surface area contributed by atoms with Crippen molar-refractivity contribution >= 4 is 11.3 Å². The zero-order chi connectivity index (χ0) is 22.5. The molecule has 0 spiro atoms. The van der Waals surface area contributed by atoms with Gasteiger partial charge < -0.3 is 4.74 Å². The van der Waals surface area contributed by atoms with Gasteiger partial charge in [0.2, 0.25) is 0 Å². The summed E-state index contributed by atoms with van der Waals surface area (Å²) in [5, 5.41) is 5.00. The van der Waals surface area contributed by atoms with Crippen LogP contribution in [0.4, 0.5) is 13.2 Å². The molecule has 4 heterocycles. The van der Waals surface area contributed by atoms with Gasteiger partial charge in [-0.1, -0.05) is 12.1 Å². The molecule has 0 fully saturated rings. The van der Waals surface area contributed by atoms with Gasteiger partial charge in [-0.25, -0.2) is 14.6 Å². The van der Waals surface area contributed by atoms with Crippen molar-refractivity contribution in [3.05, 3.63) is 53.4 Å². The lowest BCUT2D eigenvalue weighted by atomic mass is 9.99. The molecule has 0 aliphatic carbocycles. The van der Waals surface area contributed by atoms with Gasteiger partial charge in [0.05, 0.1) is 12.3 Å². The summed E-state index contributed by atoms with van der Waals surface area (Å²) in [6.45, 7) is 4.48. The van der Waals surface area contributed by atoms with Crippen molar-refractivity contribution in [1.29, 1.82) is 0 Å². The summed E-state index contributed by atoms with van der Waals surface area (Å²) in [5.74, 6) is 1.26. The topological polar surface area (TPSA) is 65.7 Å². The molecule has 1 aromatic carbocycles. The highest BCUT2D eigenvalue weighted by molar-refractivity contribution is 7.15. The first-order valence-electron chi connectivity index (χ1n) is 10.0. The normalized spacial score (nSPS) is 13.4. The maximum Gasteiger partial charge on any atom is 0.433 e. The van der Waals surface area contributed by atoms with E-state index in [2.05, 4.69) is 15.1 Å². The molecule has 0 radical (unpaired) electrons. The van der Waals surface area contributed by atoms with Gasteiger partial charge in [-0.3, -0.25) is 4.98 Å². The fourth-order valence-electron chi connectivity index (χ4n) is 3.73. The van der Waals surface area contributed by atoms with Crippen LogP contribution in [0.5, 0.6) is 5.75 Å². The van der Waals surface area contributed by atoms with E-state index in [9.17, 15) is 13.2 Å². The van der Waals surface area contributed by atoms with Crippen molar-refractivity contribution in [2.45, 2.75) is 32.5 Å². The zero-order valence-corrected chi connectivity index (χ0v) is 18.0. The van der Waals surface area contributed by atoms with Gasteiger partial charge in [-0.15, -0.1) is 11.3 Å². The minimum atomic E-state index is -4.56. The number of halogens is 3. The Kier molecular flexibility index (Phi) is 4.96. The second-order valence-electron chi connectivity index (χ2n) is 7.62. The number of fused-ring (bicyclic) bond motifs is 3. The van der Waals surface area contributed by atoms with E-state index in [0.717, 1.165) is 16.1 Å². The largest absolute Gasteiger partial charge is 0.493 e. The first kappa shape index (κ1) is 20.6. The maximum absolute atomic E-state index is 13.5. The van der Waals surface area contributed by atoms with Crippen LogP contribution in [-0.4, -0.2) is 31.3 Å². The number of rotatable bonds is 3. The van der Waals surface area contributed by atoms with Gasteiger partial charge in [0, 0.05) is 34.7 Å². The van der Waals surface area contributed by atoms with E-state index in [4.69, 9.17) is 9.72 Å². The molecular weight excluding hydrogens is 439 g/mol. The number of benzene rings is 1. The summed E-state index contributed by atoms with van der Waals surface area (Å²) < 4.78 is 48.3. The van der Waals surface area contributed by atoms with Crippen LogP contribution in [-0.2, 0) is 12.6 Å². The van der Waals surface area contributed by atoms with Crippen molar-refractivity contribution in [3.63, 3.8) is 0 Å². The molecule has 0 N–H and O–H groups in total. The highest BCUT2D eigenvalue weighted by Gasteiger charge is 2.35. The Morgan fingerprint density at radius 3 is 2.75 bits per heavy atom. The molecule has 1 aliphatic heterocycles. The summed E-state index contributed by atoms with van der Waals surface area (Å²) in [6.07, 6.45) is -1.26. The average Bonchev–Trinajstić information content (AvgIpc) is 3.37. The van der Waals surface area contributed by atoms with Crippen molar-refractivity contribution in [2.24, 2.45) is 0 Å². The third-order valence-corrected chi connectivity index (χ3v) is 6.27. The van der Waals surface area contributed by atoms with E-state index in [-0.39, 0.29) is 11.6 Å². The number of nitrogens with zero attached hydrogens (tertiary/aromatic N) is 5. The van der Waals surface area contributed by atoms with Crippen molar-refractivity contribution < 1.29 is 17.9 Å². The van der Waals surface area contributed by atoms with E-state index in [1.165, 1.54) is 29.8 Å². The van der Waals surface area contributed by atoms with E-state index >= 15 is 0 Å². The van der Waals surface area contributed by atoms with Crippen molar-refractivity contribution in [1.82, 2.24) is 24.7 Å². The van der Waals surface area contributed by atoms with Crippen LogP contribution in [0.1, 0.15) is 30.5 Å². The van der Waals surface area contributed by atoms with E-state index in [1.807, 2.05) is 13.8 Å². The van der Waals surface area contributed by atoms with Crippen LogP contribution in [0.3, 0.4) is 0 Å². The minimum Gasteiger partial charge on any atom is -0.493 e. The quantitative estimate of drug-likeness (QED) is 0.397. The highest BCUT2D eigenvalue weighted by atomic mass is 32.1. The lowest BCUT2D eigenvalue weighted by molar-refractivity contribution is -0.140. The van der Waals surface area contributed by atoms with Crippen LogP contribution in [0.25, 0.3) is 33.2 Å². The smallest absolute Gasteiger partial charge is 0.433 e. The third-order valence-electron chi connectivity index (χ3n) is 5.16. The maximum atomic E-state index is 13.5. The molecular formula is C22H18F3N5OS. The van der Waals surface area contributed by atoms with Gasteiger partial charge in [0.15, 0.2) is 16.5 Å². The molecule has 5 rings (SSSR count). The van der Waals surface area contributed by atoms with Crippen LogP contribution < -0.4 is 4.74 Å². The molecule has 0 saturated heterocycles. The van der Waals surface area contributed by atoms with Gasteiger partial charge in [-0.2, -0.15) is 18.3 Å². The monoisotopic (exact) mass is 457 g/mol. The molecule has 1 aliphatic rings. The Bertz CT molecular complexity index is 1290. The van der Waals surface area contributed by atoms with Gasteiger partial charge in [0.1, 0.15) is 12.1 Å². The van der Waals surface area contributed by atoms with Gasteiger partial charge >= 0.3 is 6.18 Å². The number of hydrogen-bond donors (Lipinski definition) is 0. The molecule has 32 heavy (non-hydrogen) atoms. The Labute approximate surface area is 185 Å². The minimum absolute atomic E-state index is 0.0172. The Morgan fingerprint density at radius 1 is 1.12 bits per heavy atom. The van der Waals surface area contributed by atoms with Crippen LogP contribution in [0.15, 0.2) is 42.9 Å². The summed E-state index contributed by atoms with van der Waals surface area (Å²) in [6, 6.07) is 8.06. The van der Waals surface area contributed by atoms with Gasteiger partial charge in [-0.05, 0) is 37.6 Å². The highest BCUT2D eigenvalue weighted by Crippen LogP contribution is 2.43. The SMILES string of the molecule is CC(C)n1ncnc1-c1nc2c(s1)CCOc1ccc(-c3cccnc3C(F)(F)F)cc1-2. The second kappa shape index (κ2) is 7.70. The molecule has 0 unspecified atom stereocenters. The predicted molar refractivity (Wildman–Crippen MR) is 114 cm³/mol. The Hall–Kier alpha value is -3.27. The number of alkyl halides is 3. The second-order valence-corrected chi connectivity index (χ2v) is 8.70. The standard InChI is InChI=1S/C22H18F3N5OS/c1-12(2)30-20(27-11-28-30)21-29-18-15-10-13(5-6-16(15)31-9-7-17(18)32-21)14-4-3-8-26-19(14)22(23,24)25/h3-6,8,10-12H,7,9H2,1-2H3. The van der Waals surface area contributed by atoms with Crippen LogP contribution in [0.2, 0.25) is 0 Å². The lowest BCUT2D eigenvalue weighted by Crippen LogP contribution is -2.09. The summed E-state index contributed by atoms with van der Waals surface area (Å²) >= 11 is 1.50. The molecule has 4 aromatic rings. The fourth-order valence-corrected chi connectivity index (χ4v) is 4.78. The number of ether oxygens (including phenoxy) is 1. The molecule has 164 valence electrons. The van der Waals surface area contributed by atoms with E-state index in [1.54, 1.807) is 22.9 Å². The van der Waals surface area contributed by atoms with E-state index < -0.39 is 11.9 Å². The number of aromatic nitrogens is 5. The fraction of sp³-hybridized carbons (Fsp3) is 0.273. The van der Waals surface area contributed by atoms with Crippen molar-refractivity contribution in [3.8, 4) is 39.0 Å². The summed E-state index contributed by atoms with van der Waals surface area (Å²) in [4.78, 5) is 13.8.